The molecule has 4 nitrogen and oxygen atoms in total. The van der Waals surface area contributed by atoms with Crippen molar-refractivity contribution in [3.05, 3.63) is 54.2 Å². The van der Waals surface area contributed by atoms with Crippen LogP contribution in [0, 0.1) is 0 Å². The van der Waals surface area contributed by atoms with Crippen molar-refractivity contribution >= 4 is 17.7 Å². The Balaban J connectivity index is 1.51. The molecule has 1 aromatic carbocycles. The molecular formula is C19H22N2O2S. The molecule has 1 saturated heterocycles. The number of carbonyl (C=O) groups excluding carboxylic acids is 1. The molecule has 0 aliphatic carbocycles. The molecule has 2 aromatic rings. The van der Waals surface area contributed by atoms with Crippen molar-refractivity contribution in [3.8, 4) is 5.75 Å². The van der Waals surface area contributed by atoms with E-state index in [1.165, 1.54) is 5.56 Å². The molecule has 0 spiro atoms. The normalized spacial score (nSPS) is 17.0. The van der Waals surface area contributed by atoms with Crippen LogP contribution in [-0.2, 0) is 4.79 Å². The molecule has 1 aromatic heterocycles. The van der Waals surface area contributed by atoms with Crippen molar-refractivity contribution < 1.29 is 9.53 Å². The number of aromatic nitrogens is 1. The van der Waals surface area contributed by atoms with Gasteiger partial charge in [-0.1, -0.05) is 24.3 Å². The van der Waals surface area contributed by atoms with E-state index < -0.39 is 0 Å². The van der Waals surface area contributed by atoms with Gasteiger partial charge < -0.3 is 9.64 Å². The van der Waals surface area contributed by atoms with E-state index >= 15 is 0 Å². The summed E-state index contributed by atoms with van der Waals surface area (Å²) in [6.07, 6.45) is 3.34. The van der Waals surface area contributed by atoms with E-state index in [1.54, 1.807) is 25.1 Å². The second-order valence-corrected chi connectivity index (χ2v) is 6.95. The number of hydrogen-bond acceptors (Lipinski definition) is 4. The Kier molecular flexibility index (Phi) is 5.75. The van der Waals surface area contributed by atoms with Crippen LogP contribution < -0.4 is 4.74 Å². The van der Waals surface area contributed by atoms with E-state index in [1.807, 2.05) is 41.3 Å². The number of carbonyl (C=O) groups is 1. The summed E-state index contributed by atoms with van der Waals surface area (Å²) in [7, 11) is 1.70. The lowest BCUT2D eigenvalue weighted by atomic mass is 9.97. The van der Waals surface area contributed by atoms with Crippen LogP contribution in [0.1, 0.15) is 24.3 Å². The van der Waals surface area contributed by atoms with Crippen molar-refractivity contribution in [1.82, 2.24) is 9.88 Å². The van der Waals surface area contributed by atoms with Crippen LogP contribution in [0.5, 0.6) is 5.75 Å². The number of likely N-dealkylation sites (tertiary alicyclic amines) is 1. The highest BCUT2D eigenvalue weighted by atomic mass is 32.2. The maximum atomic E-state index is 12.4. The second-order valence-electron chi connectivity index (χ2n) is 5.83. The topological polar surface area (TPSA) is 42.4 Å². The Morgan fingerprint density at radius 3 is 2.92 bits per heavy atom. The molecule has 0 saturated carbocycles. The van der Waals surface area contributed by atoms with Crippen LogP contribution in [0.15, 0.2) is 53.7 Å². The highest BCUT2D eigenvalue weighted by molar-refractivity contribution is 7.99. The molecule has 1 amide bonds. The van der Waals surface area contributed by atoms with Gasteiger partial charge in [-0.25, -0.2) is 4.98 Å². The zero-order chi connectivity index (χ0) is 16.8. The number of para-hydroxylation sites is 1. The molecule has 24 heavy (non-hydrogen) atoms. The summed E-state index contributed by atoms with van der Waals surface area (Å²) in [6, 6.07) is 14.0. The molecule has 126 valence electrons. The van der Waals surface area contributed by atoms with Gasteiger partial charge in [0, 0.05) is 37.4 Å². The Hall–Kier alpha value is -2.01. The largest absolute Gasteiger partial charge is 0.496 e. The standard InChI is InChI=1S/C19H22N2O2S/c1-23-17-7-3-2-6-16(17)15-9-12-21(14-15)19(22)10-13-24-18-8-4-5-11-20-18/h2-8,11,15H,9-10,12-14H2,1H3/t15-/m1/s1. The number of nitrogens with zero attached hydrogens (tertiary/aromatic N) is 2. The molecule has 2 heterocycles. The molecule has 0 radical (unpaired) electrons. The van der Waals surface area contributed by atoms with Gasteiger partial charge in [0.25, 0.3) is 0 Å². The molecule has 1 aliphatic rings. The monoisotopic (exact) mass is 342 g/mol. The molecule has 0 bridgehead atoms. The average Bonchev–Trinajstić information content (AvgIpc) is 3.12. The van der Waals surface area contributed by atoms with Gasteiger partial charge in [-0.3, -0.25) is 4.79 Å². The van der Waals surface area contributed by atoms with Crippen molar-refractivity contribution in [2.45, 2.75) is 23.8 Å². The van der Waals surface area contributed by atoms with Gasteiger partial charge in [-0.15, -0.1) is 11.8 Å². The number of rotatable bonds is 6. The third-order valence-electron chi connectivity index (χ3n) is 4.32. The molecule has 1 fully saturated rings. The van der Waals surface area contributed by atoms with Crippen LogP contribution in [0.25, 0.3) is 0 Å². The van der Waals surface area contributed by atoms with Crippen molar-refractivity contribution in [3.63, 3.8) is 0 Å². The minimum atomic E-state index is 0.232. The van der Waals surface area contributed by atoms with E-state index in [-0.39, 0.29) is 5.91 Å². The van der Waals surface area contributed by atoms with Gasteiger partial charge in [-0.2, -0.15) is 0 Å². The molecule has 1 atom stereocenters. The number of benzene rings is 1. The Bertz CT molecular complexity index is 678. The summed E-state index contributed by atoms with van der Waals surface area (Å²) in [5.41, 5.74) is 1.21. The number of methoxy groups -OCH3 is 1. The fourth-order valence-corrected chi connectivity index (χ4v) is 3.87. The maximum Gasteiger partial charge on any atom is 0.223 e. The fraction of sp³-hybridized carbons (Fsp3) is 0.368. The molecule has 5 heteroatoms. The Labute approximate surface area is 147 Å². The minimum absolute atomic E-state index is 0.232. The first-order valence-corrected chi connectivity index (χ1v) is 9.21. The summed E-state index contributed by atoms with van der Waals surface area (Å²) in [5, 5.41) is 0.971. The smallest absolute Gasteiger partial charge is 0.223 e. The lowest BCUT2D eigenvalue weighted by Gasteiger charge is -2.18. The third-order valence-corrected chi connectivity index (χ3v) is 5.27. The molecule has 0 unspecified atom stereocenters. The van der Waals surface area contributed by atoms with Crippen LogP contribution in [-0.4, -0.2) is 41.7 Å². The quantitative estimate of drug-likeness (QED) is 0.753. The van der Waals surface area contributed by atoms with Gasteiger partial charge in [0.05, 0.1) is 12.1 Å². The number of thioether (sulfide) groups is 1. The summed E-state index contributed by atoms with van der Waals surface area (Å²) in [4.78, 5) is 18.7. The van der Waals surface area contributed by atoms with Crippen LogP contribution in [0.3, 0.4) is 0 Å². The van der Waals surface area contributed by atoms with E-state index in [0.29, 0.717) is 12.3 Å². The first-order chi connectivity index (χ1) is 11.8. The summed E-state index contributed by atoms with van der Waals surface area (Å²) >= 11 is 1.63. The van der Waals surface area contributed by atoms with Gasteiger partial charge >= 0.3 is 0 Å². The number of ether oxygens (including phenoxy) is 1. The molecular weight excluding hydrogens is 320 g/mol. The van der Waals surface area contributed by atoms with Gasteiger partial charge in [0.2, 0.25) is 5.91 Å². The zero-order valence-electron chi connectivity index (χ0n) is 13.9. The zero-order valence-corrected chi connectivity index (χ0v) is 14.7. The predicted molar refractivity (Wildman–Crippen MR) is 96.5 cm³/mol. The average molecular weight is 342 g/mol. The van der Waals surface area contributed by atoms with Gasteiger partial charge in [0.1, 0.15) is 5.75 Å². The molecule has 0 N–H and O–H groups in total. The van der Waals surface area contributed by atoms with E-state index in [0.717, 1.165) is 36.0 Å². The van der Waals surface area contributed by atoms with Gasteiger partial charge in [-0.05, 0) is 30.2 Å². The number of amides is 1. The van der Waals surface area contributed by atoms with Crippen molar-refractivity contribution in [2.75, 3.05) is 26.0 Å². The molecule has 3 rings (SSSR count). The first kappa shape index (κ1) is 16.8. The Morgan fingerprint density at radius 2 is 2.12 bits per heavy atom. The van der Waals surface area contributed by atoms with Crippen LogP contribution >= 0.6 is 11.8 Å². The van der Waals surface area contributed by atoms with Crippen molar-refractivity contribution in [1.29, 1.82) is 0 Å². The predicted octanol–water partition coefficient (Wildman–Crippen LogP) is 3.59. The summed E-state index contributed by atoms with van der Waals surface area (Å²) < 4.78 is 5.45. The van der Waals surface area contributed by atoms with E-state index in [2.05, 4.69) is 11.1 Å². The fourth-order valence-electron chi connectivity index (χ4n) is 3.08. The van der Waals surface area contributed by atoms with E-state index in [4.69, 9.17) is 4.74 Å². The SMILES string of the molecule is COc1ccccc1[C@@H]1CCN(C(=O)CCSc2ccccn2)C1. The Morgan fingerprint density at radius 1 is 1.29 bits per heavy atom. The lowest BCUT2D eigenvalue weighted by molar-refractivity contribution is -0.129. The maximum absolute atomic E-state index is 12.4. The number of hydrogen-bond donors (Lipinski definition) is 0. The minimum Gasteiger partial charge on any atom is -0.496 e. The van der Waals surface area contributed by atoms with Crippen LogP contribution in [0.2, 0.25) is 0 Å². The lowest BCUT2D eigenvalue weighted by Crippen LogP contribution is -2.28. The molecule has 1 aliphatic heterocycles. The summed E-state index contributed by atoms with van der Waals surface area (Å²) in [6.45, 7) is 1.61. The highest BCUT2D eigenvalue weighted by Gasteiger charge is 2.28. The second kappa shape index (κ2) is 8.20. The van der Waals surface area contributed by atoms with Crippen molar-refractivity contribution in [2.24, 2.45) is 0 Å². The van der Waals surface area contributed by atoms with E-state index in [9.17, 15) is 4.79 Å². The first-order valence-electron chi connectivity index (χ1n) is 8.22. The highest BCUT2D eigenvalue weighted by Crippen LogP contribution is 2.33. The van der Waals surface area contributed by atoms with Crippen LogP contribution in [0.4, 0.5) is 0 Å². The third kappa shape index (κ3) is 4.09. The summed E-state index contributed by atoms with van der Waals surface area (Å²) in [5.74, 6) is 2.29. The van der Waals surface area contributed by atoms with Gasteiger partial charge in [0.15, 0.2) is 0 Å². The number of pyridine rings is 1.